The fraction of sp³-hybridized carbons (Fsp3) is 0.478. The second-order valence-corrected chi connectivity index (χ2v) is 9.16. The molecule has 154 valence electrons. The summed E-state index contributed by atoms with van der Waals surface area (Å²) >= 11 is 1.70. The van der Waals surface area contributed by atoms with E-state index in [2.05, 4.69) is 17.3 Å². The summed E-state index contributed by atoms with van der Waals surface area (Å²) in [4.78, 5) is 31.5. The molecule has 0 unspecified atom stereocenters. The molecule has 1 N–H and O–H groups in total. The molecule has 1 aromatic carbocycles. The van der Waals surface area contributed by atoms with Crippen molar-refractivity contribution in [2.75, 3.05) is 38.5 Å². The van der Waals surface area contributed by atoms with Gasteiger partial charge >= 0.3 is 0 Å². The predicted molar refractivity (Wildman–Crippen MR) is 118 cm³/mol. The van der Waals surface area contributed by atoms with E-state index in [4.69, 9.17) is 0 Å². The Hall–Kier alpha value is -2.18. The predicted octanol–water partition coefficient (Wildman–Crippen LogP) is 3.97. The first-order valence-electron chi connectivity index (χ1n) is 10.5. The lowest BCUT2D eigenvalue weighted by Gasteiger charge is -2.21. The van der Waals surface area contributed by atoms with E-state index in [1.807, 2.05) is 35.4 Å². The Bertz CT molecular complexity index is 921. The molecule has 1 aromatic heterocycles. The van der Waals surface area contributed by atoms with Crippen molar-refractivity contribution in [2.24, 2.45) is 0 Å². The van der Waals surface area contributed by atoms with Gasteiger partial charge in [0.1, 0.15) is 0 Å². The smallest absolute Gasteiger partial charge is 0.256 e. The number of hydrogen-bond donors (Lipinski definition) is 1. The zero-order valence-electron chi connectivity index (χ0n) is 17.3. The molecule has 2 aliphatic rings. The van der Waals surface area contributed by atoms with Crippen LogP contribution in [0.1, 0.15) is 56.0 Å². The molecule has 0 radical (unpaired) electrons. The second kappa shape index (κ2) is 8.67. The number of nitrogens with zero attached hydrogens (tertiary/aromatic N) is 2. The lowest BCUT2D eigenvalue weighted by atomic mass is 9.95. The Balaban J connectivity index is 1.52. The maximum absolute atomic E-state index is 13.0. The van der Waals surface area contributed by atoms with Crippen molar-refractivity contribution in [2.45, 2.75) is 39.0 Å². The topological polar surface area (TPSA) is 52.7 Å². The monoisotopic (exact) mass is 411 g/mol. The molecule has 2 heterocycles. The van der Waals surface area contributed by atoms with Crippen molar-refractivity contribution in [3.63, 3.8) is 0 Å². The van der Waals surface area contributed by atoms with Crippen LogP contribution in [0, 0.1) is 6.92 Å². The molecule has 4 rings (SSSR count). The third kappa shape index (κ3) is 4.38. The molecule has 0 spiro atoms. The van der Waals surface area contributed by atoms with Crippen LogP contribution in [0.25, 0.3) is 0 Å². The SMILES string of the molecule is Cc1ccc(C(=O)N2CCCN(C)CC2)cc1NC(=O)c1csc2c1CCCC2. The second-order valence-electron chi connectivity index (χ2n) is 8.19. The summed E-state index contributed by atoms with van der Waals surface area (Å²) in [7, 11) is 2.09. The number of benzene rings is 1. The molecular formula is C23H29N3O2S. The zero-order valence-corrected chi connectivity index (χ0v) is 18.1. The average molecular weight is 412 g/mol. The first-order chi connectivity index (χ1) is 14.0. The van der Waals surface area contributed by atoms with E-state index >= 15 is 0 Å². The molecule has 29 heavy (non-hydrogen) atoms. The van der Waals surface area contributed by atoms with E-state index in [0.717, 1.165) is 68.7 Å². The number of likely N-dealkylation sites (N-methyl/N-ethyl adjacent to an activating group) is 1. The number of thiophene rings is 1. The molecule has 6 heteroatoms. The molecule has 1 aliphatic carbocycles. The number of carbonyl (C=O) groups is 2. The summed E-state index contributed by atoms with van der Waals surface area (Å²) < 4.78 is 0. The highest BCUT2D eigenvalue weighted by Gasteiger charge is 2.22. The summed E-state index contributed by atoms with van der Waals surface area (Å²) in [5.41, 5.74) is 4.36. The number of hydrogen-bond acceptors (Lipinski definition) is 4. The minimum atomic E-state index is -0.0616. The molecule has 0 saturated carbocycles. The Morgan fingerprint density at radius 2 is 1.86 bits per heavy atom. The average Bonchev–Trinajstić information content (AvgIpc) is 3.04. The molecular weight excluding hydrogens is 382 g/mol. The number of aryl methyl sites for hydroxylation is 2. The van der Waals surface area contributed by atoms with Crippen LogP contribution in [0.4, 0.5) is 5.69 Å². The van der Waals surface area contributed by atoms with Crippen molar-refractivity contribution in [3.05, 3.63) is 50.7 Å². The molecule has 1 aliphatic heterocycles. The lowest BCUT2D eigenvalue weighted by Crippen LogP contribution is -2.34. The molecule has 2 aromatic rings. The van der Waals surface area contributed by atoms with Crippen molar-refractivity contribution < 1.29 is 9.59 Å². The number of rotatable bonds is 3. The van der Waals surface area contributed by atoms with E-state index in [0.29, 0.717) is 5.56 Å². The number of amides is 2. The van der Waals surface area contributed by atoms with Crippen LogP contribution >= 0.6 is 11.3 Å². The Morgan fingerprint density at radius 3 is 2.72 bits per heavy atom. The fourth-order valence-electron chi connectivity index (χ4n) is 4.20. The summed E-state index contributed by atoms with van der Waals surface area (Å²) in [6.07, 6.45) is 5.42. The van der Waals surface area contributed by atoms with Crippen molar-refractivity contribution >= 4 is 28.8 Å². The summed E-state index contributed by atoms with van der Waals surface area (Å²) in [5.74, 6) is -0.0165. The van der Waals surface area contributed by atoms with Gasteiger partial charge in [-0.2, -0.15) is 0 Å². The highest BCUT2D eigenvalue weighted by Crippen LogP contribution is 2.31. The number of nitrogens with one attached hydrogen (secondary N) is 1. The van der Waals surface area contributed by atoms with Gasteiger partial charge < -0.3 is 15.1 Å². The molecule has 5 nitrogen and oxygen atoms in total. The van der Waals surface area contributed by atoms with Gasteiger partial charge in [0, 0.05) is 41.1 Å². The molecule has 0 atom stereocenters. The van der Waals surface area contributed by atoms with Crippen LogP contribution in [0.3, 0.4) is 0 Å². The molecule has 1 fully saturated rings. The van der Waals surface area contributed by atoms with Crippen LogP contribution < -0.4 is 5.32 Å². The van der Waals surface area contributed by atoms with E-state index in [9.17, 15) is 9.59 Å². The van der Waals surface area contributed by atoms with Crippen LogP contribution in [-0.4, -0.2) is 54.8 Å². The van der Waals surface area contributed by atoms with Gasteiger partial charge in [0.15, 0.2) is 0 Å². The normalized spacial score (nSPS) is 17.5. The minimum absolute atomic E-state index is 0.0451. The molecule has 0 bridgehead atoms. The minimum Gasteiger partial charge on any atom is -0.337 e. The van der Waals surface area contributed by atoms with Gasteiger partial charge in [-0.3, -0.25) is 9.59 Å². The Labute approximate surface area is 176 Å². The van der Waals surface area contributed by atoms with Gasteiger partial charge in [-0.1, -0.05) is 6.07 Å². The lowest BCUT2D eigenvalue weighted by molar-refractivity contribution is 0.0762. The van der Waals surface area contributed by atoms with Gasteiger partial charge in [0.2, 0.25) is 0 Å². The number of carbonyl (C=O) groups excluding carboxylic acids is 2. The third-order valence-electron chi connectivity index (χ3n) is 6.05. The van der Waals surface area contributed by atoms with Gasteiger partial charge in [-0.25, -0.2) is 0 Å². The first kappa shape index (κ1) is 20.1. The first-order valence-corrected chi connectivity index (χ1v) is 11.4. The van der Waals surface area contributed by atoms with E-state index < -0.39 is 0 Å². The Kier molecular flexibility index (Phi) is 6.01. The van der Waals surface area contributed by atoms with E-state index in [1.165, 1.54) is 16.9 Å². The fourth-order valence-corrected chi connectivity index (χ4v) is 5.32. The molecule has 1 saturated heterocycles. The van der Waals surface area contributed by atoms with Gasteiger partial charge in [-0.05, 0) is 75.9 Å². The van der Waals surface area contributed by atoms with Crippen LogP contribution in [0.2, 0.25) is 0 Å². The maximum Gasteiger partial charge on any atom is 0.256 e. The van der Waals surface area contributed by atoms with Gasteiger partial charge in [0.25, 0.3) is 11.8 Å². The number of fused-ring (bicyclic) bond motifs is 1. The summed E-state index contributed by atoms with van der Waals surface area (Å²) in [6, 6.07) is 5.63. The van der Waals surface area contributed by atoms with E-state index in [1.54, 1.807) is 11.3 Å². The van der Waals surface area contributed by atoms with Crippen LogP contribution in [-0.2, 0) is 12.8 Å². The Morgan fingerprint density at radius 1 is 1.03 bits per heavy atom. The highest BCUT2D eigenvalue weighted by molar-refractivity contribution is 7.10. The standard InChI is InChI=1S/C23H29N3O2S/c1-16-8-9-17(23(28)26-11-5-10-25(2)12-13-26)14-20(16)24-22(27)19-15-29-21-7-4-3-6-18(19)21/h8-9,14-15H,3-7,10-13H2,1-2H3,(H,24,27). The largest absolute Gasteiger partial charge is 0.337 e. The van der Waals surface area contributed by atoms with Crippen molar-refractivity contribution in [1.82, 2.24) is 9.80 Å². The van der Waals surface area contributed by atoms with E-state index in [-0.39, 0.29) is 11.8 Å². The van der Waals surface area contributed by atoms with Gasteiger partial charge in [0.05, 0.1) is 5.56 Å². The van der Waals surface area contributed by atoms with Crippen molar-refractivity contribution in [3.8, 4) is 0 Å². The highest BCUT2D eigenvalue weighted by atomic mass is 32.1. The third-order valence-corrected chi connectivity index (χ3v) is 7.13. The quantitative estimate of drug-likeness (QED) is 0.832. The zero-order chi connectivity index (χ0) is 20.4. The summed E-state index contributed by atoms with van der Waals surface area (Å²) in [5, 5.41) is 5.06. The van der Waals surface area contributed by atoms with Gasteiger partial charge in [-0.15, -0.1) is 11.3 Å². The number of anilines is 1. The molecule has 2 amide bonds. The van der Waals surface area contributed by atoms with Crippen LogP contribution in [0.5, 0.6) is 0 Å². The summed E-state index contributed by atoms with van der Waals surface area (Å²) in [6.45, 7) is 5.40. The maximum atomic E-state index is 13.0. The van der Waals surface area contributed by atoms with Crippen molar-refractivity contribution in [1.29, 1.82) is 0 Å². The van der Waals surface area contributed by atoms with Crippen LogP contribution in [0.15, 0.2) is 23.6 Å².